The molecule has 4 rings (SSSR count). The number of carbonyl (C=O) groups excluding carboxylic acids is 2. The third kappa shape index (κ3) is 7.31. The number of amides is 2. The topological polar surface area (TPSA) is 133 Å². The normalized spacial score (nSPS) is 16.1. The molecule has 38 heavy (non-hydrogen) atoms. The first kappa shape index (κ1) is 26.6. The van der Waals surface area contributed by atoms with Gasteiger partial charge in [-0.15, -0.1) is 10.2 Å². The van der Waals surface area contributed by atoms with Crippen LogP contribution in [0.2, 0.25) is 0 Å². The summed E-state index contributed by atoms with van der Waals surface area (Å²) >= 11 is 0. The van der Waals surface area contributed by atoms with Crippen molar-refractivity contribution in [3.05, 3.63) is 65.7 Å². The van der Waals surface area contributed by atoms with Crippen LogP contribution in [0.25, 0.3) is 0 Å². The molecule has 11 heteroatoms. The second kappa shape index (κ2) is 12.7. The first-order chi connectivity index (χ1) is 18.4. The summed E-state index contributed by atoms with van der Waals surface area (Å²) in [5.74, 6) is 2.35. The Hall–Kier alpha value is -4.41. The maximum Gasteiger partial charge on any atom is 0.407 e. The quantitative estimate of drug-likeness (QED) is 0.299. The molecular weight excluding hydrogens is 484 g/mol. The molecule has 4 N–H and O–H groups in total. The van der Waals surface area contributed by atoms with Gasteiger partial charge in [0.05, 0.1) is 5.56 Å². The highest BCUT2D eigenvalue weighted by Gasteiger charge is 2.30. The molecule has 0 unspecified atom stereocenters. The van der Waals surface area contributed by atoms with E-state index in [1.54, 1.807) is 31.3 Å². The number of pyridine rings is 1. The maximum absolute atomic E-state index is 13.0. The summed E-state index contributed by atoms with van der Waals surface area (Å²) in [6, 6.07) is 16.7. The molecule has 11 nitrogen and oxygen atoms in total. The van der Waals surface area contributed by atoms with E-state index in [2.05, 4.69) is 36.4 Å². The van der Waals surface area contributed by atoms with Crippen LogP contribution in [0.3, 0.4) is 0 Å². The zero-order chi connectivity index (χ0) is 26.9. The predicted octanol–water partition coefficient (Wildman–Crippen LogP) is 3.74. The van der Waals surface area contributed by atoms with Crippen molar-refractivity contribution in [2.45, 2.75) is 31.9 Å². The van der Waals surface area contributed by atoms with Crippen LogP contribution in [0.1, 0.15) is 35.2 Å². The van der Waals surface area contributed by atoms with Crippen molar-refractivity contribution in [2.75, 3.05) is 48.5 Å². The fourth-order valence-corrected chi connectivity index (χ4v) is 4.15. The Morgan fingerprint density at radius 1 is 1.00 bits per heavy atom. The van der Waals surface area contributed by atoms with E-state index in [0.717, 1.165) is 24.8 Å². The molecule has 2 aromatic heterocycles. The van der Waals surface area contributed by atoms with Gasteiger partial charge in [-0.1, -0.05) is 30.3 Å². The van der Waals surface area contributed by atoms with Crippen LogP contribution in [0.15, 0.2) is 54.6 Å². The lowest BCUT2D eigenvalue weighted by molar-refractivity contribution is 0.102. The number of nitrogens with one attached hydrogen (secondary N) is 4. The van der Waals surface area contributed by atoms with Gasteiger partial charge in [-0.25, -0.2) is 9.78 Å². The predicted molar refractivity (Wildman–Crippen MR) is 147 cm³/mol. The lowest BCUT2D eigenvalue weighted by Crippen LogP contribution is -2.44. The van der Waals surface area contributed by atoms with Crippen LogP contribution in [-0.4, -0.2) is 60.9 Å². The first-order valence-corrected chi connectivity index (χ1v) is 12.6. The molecule has 0 radical (unpaired) electrons. The number of ether oxygens (including phenoxy) is 1. The summed E-state index contributed by atoms with van der Waals surface area (Å²) in [5.41, 5.74) is 1.37. The van der Waals surface area contributed by atoms with E-state index in [1.165, 1.54) is 0 Å². The molecule has 3 aromatic rings. The van der Waals surface area contributed by atoms with E-state index in [1.807, 2.05) is 49.3 Å². The maximum atomic E-state index is 13.0. The summed E-state index contributed by atoms with van der Waals surface area (Å²) in [6.07, 6.45) is 2.28. The van der Waals surface area contributed by atoms with Crippen molar-refractivity contribution in [1.82, 2.24) is 20.5 Å². The van der Waals surface area contributed by atoms with Crippen molar-refractivity contribution in [2.24, 2.45) is 5.92 Å². The minimum absolute atomic E-state index is 0.121. The van der Waals surface area contributed by atoms with Crippen LogP contribution in [0.4, 0.5) is 28.1 Å². The Labute approximate surface area is 222 Å². The van der Waals surface area contributed by atoms with Crippen LogP contribution in [-0.2, 0) is 11.3 Å². The molecular formula is C27H34N8O3. The zero-order valence-electron chi connectivity index (χ0n) is 21.9. The first-order valence-electron chi connectivity index (χ1n) is 12.6. The van der Waals surface area contributed by atoms with Crippen LogP contribution in [0, 0.1) is 5.92 Å². The van der Waals surface area contributed by atoms with Crippen molar-refractivity contribution in [3.63, 3.8) is 0 Å². The molecule has 200 valence electrons. The minimum Gasteiger partial charge on any atom is -0.445 e. The third-order valence-electron chi connectivity index (χ3n) is 6.36. The smallest absolute Gasteiger partial charge is 0.407 e. The molecule has 1 saturated carbocycles. The van der Waals surface area contributed by atoms with Gasteiger partial charge >= 0.3 is 6.09 Å². The van der Waals surface area contributed by atoms with E-state index in [0.29, 0.717) is 41.3 Å². The minimum atomic E-state index is -0.389. The third-order valence-corrected chi connectivity index (χ3v) is 6.36. The number of aromatic nitrogens is 3. The number of anilines is 4. The highest BCUT2D eigenvalue weighted by Crippen LogP contribution is 2.30. The van der Waals surface area contributed by atoms with Gasteiger partial charge in [-0.05, 0) is 55.0 Å². The Morgan fingerprint density at radius 3 is 2.45 bits per heavy atom. The lowest BCUT2D eigenvalue weighted by Gasteiger charge is -2.35. The van der Waals surface area contributed by atoms with Crippen molar-refractivity contribution >= 4 is 35.3 Å². The second-order valence-electron chi connectivity index (χ2n) is 9.42. The van der Waals surface area contributed by atoms with Crippen molar-refractivity contribution in [1.29, 1.82) is 0 Å². The molecule has 0 bridgehead atoms. The molecule has 1 aliphatic rings. The van der Waals surface area contributed by atoms with E-state index in [-0.39, 0.29) is 24.6 Å². The fraction of sp³-hybridized carbons (Fsp3) is 0.370. The molecule has 0 spiro atoms. The van der Waals surface area contributed by atoms with Gasteiger partial charge in [-0.3, -0.25) is 4.79 Å². The van der Waals surface area contributed by atoms with Crippen molar-refractivity contribution < 1.29 is 14.3 Å². The van der Waals surface area contributed by atoms with Gasteiger partial charge < -0.3 is 30.9 Å². The molecule has 2 amide bonds. The largest absolute Gasteiger partial charge is 0.445 e. The molecule has 0 aliphatic heterocycles. The zero-order valence-corrected chi connectivity index (χ0v) is 21.9. The van der Waals surface area contributed by atoms with Crippen molar-refractivity contribution in [3.8, 4) is 0 Å². The Balaban J connectivity index is 1.23. The SMILES string of the molecule is CNc1ccc(C(=O)Nc2ccc(N(C)C)nn2)c(NCCC2CC(NC(=O)OCc3ccccc3)C2)n1. The van der Waals surface area contributed by atoms with E-state index in [9.17, 15) is 9.59 Å². The Kier molecular flexibility index (Phi) is 8.91. The van der Waals surface area contributed by atoms with Gasteiger partial charge in [0.1, 0.15) is 18.2 Å². The summed E-state index contributed by atoms with van der Waals surface area (Å²) in [5, 5.41) is 20.2. The number of hydrogen-bond acceptors (Lipinski definition) is 9. The van der Waals surface area contributed by atoms with Crippen LogP contribution in [0.5, 0.6) is 0 Å². The number of benzene rings is 1. The monoisotopic (exact) mass is 518 g/mol. The molecule has 1 fully saturated rings. The van der Waals surface area contributed by atoms with E-state index in [4.69, 9.17) is 4.74 Å². The van der Waals surface area contributed by atoms with Gasteiger partial charge in [0.25, 0.3) is 5.91 Å². The summed E-state index contributed by atoms with van der Waals surface area (Å²) in [6.45, 7) is 0.906. The van der Waals surface area contributed by atoms with Crippen LogP contribution < -0.4 is 26.2 Å². The second-order valence-corrected chi connectivity index (χ2v) is 9.42. The summed E-state index contributed by atoms with van der Waals surface area (Å²) < 4.78 is 5.30. The standard InChI is InChI=1S/C27H34N8O3/c1-28-22-10-9-21(26(36)32-23-11-12-24(34-33-23)35(2)3)25(31-22)29-14-13-19-15-20(16-19)30-27(37)38-17-18-7-5-4-6-8-18/h4-12,19-20H,13-17H2,1-3H3,(H,30,37)(H2,28,29,31)(H,32,33,36). The molecule has 0 saturated heterocycles. The molecule has 2 heterocycles. The summed E-state index contributed by atoms with van der Waals surface area (Å²) in [4.78, 5) is 31.4. The summed E-state index contributed by atoms with van der Waals surface area (Å²) in [7, 11) is 5.52. The number of hydrogen-bond donors (Lipinski definition) is 4. The lowest BCUT2D eigenvalue weighted by atomic mass is 9.78. The Morgan fingerprint density at radius 2 is 1.76 bits per heavy atom. The van der Waals surface area contributed by atoms with Gasteiger partial charge in [-0.2, -0.15) is 0 Å². The van der Waals surface area contributed by atoms with Crippen LogP contribution >= 0.6 is 0 Å². The average Bonchev–Trinajstić information content (AvgIpc) is 2.91. The number of rotatable bonds is 11. The number of alkyl carbamates (subject to hydrolysis) is 1. The molecule has 0 atom stereocenters. The Bertz CT molecular complexity index is 1210. The van der Waals surface area contributed by atoms with Gasteiger partial charge in [0, 0.05) is 33.7 Å². The number of nitrogens with zero attached hydrogens (tertiary/aromatic N) is 4. The average molecular weight is 519 g/mol. The highest BCUT2D eigenvalue weighted by molar-refractivity contribution is 6.07. The van der Waals surface area contributed by atoms with E-state index < -0.39 is 0 Å². The molecule has 1 aromatic carbocycles. The number of carbonyl (C=O) groups is 2. The van der Waals surface area contributed by atoms with Gasteiger partial charge in [0.2, 0.25) is 0 Å². The fourth-order valence-electron chi connectivity index (χ4n) is 4.15. The molecule has 1 aliphatic carbocycles. The highest BCUT2D eigenvalue weighted by atomic mass is 16.5. The van der Waals surface area contributed by atoms with Gasteiger partial charge in [0.15, 0.2) is 11.6 Å². The van der Waals surface area contributed by atoms with E-state index >= 15 is 0 Å².